The van der Waals surface area contributed by atoms with Crippen LogP contribution in [-0.4, -0.2) is 17.9 Å². The van der Waals surface area contributed by atoms with Gasteiger partial charge in [0, 0.05) is 0 Å². The summed E-state index contributed by atoms with van der Waals surface area (Å²) in [7, 11) is 0. The minimum absolute atomic E-state index is 0.153. The molecule has 0 fully saturated rings. The van der Waals surface area contributed by atoms with Crippen molar-refractivity contribution in [3.63, 3.8) is 0 Å². The molecular formula is C17H17FN2O3. The van der Waals surface area contributed by atoms with Crippen LogP contribution in [0.15, 0.2) is 48.5 Å². The van der Waals surface area contributed by atoms with Gasteiger partial charge in [0.15, 0.2) is 6.10 Å². The summed E-state index contributed by atoms with van der Waals surface area (Å²) in [4.78, 5) is 23.7. The Bertz CT molecular complexity index is 701. The second-order valence-electron chi connectivity index (χ2n) is 5.00. The molecule has 0 saturated carbocycles. The molecular weight excluding hydrogens is 299 g/mol. The van der Waals surface area contributed by atoms with Crippen LogP contribution in [0.25, 0.3) is 0 Å². The lowest BCUT2D eigenvalue weighted by molar-refractivity contribution is -0.128. The predicted molar refractivity (Wildman–Crippen MR) is 83.3 cm³/mol. The van der Waals surface area contributed by atoms with E-state index >= 15 is 0 Å². The lowest BCUT2D eigenvalue weighted by Crippen LogP contribution is -2.47. The monoisotopic (exact) mass is 316 g/mol. The molecule has 0 radical (unpaired) electrons. The molecule has 2 rings (SSSR count). The first-order valence-electron chi connectivity index (χ1n) is 7.05. The van der Waals surface area contributed by atoms with Crippen molar-refractivity contribution in [1.82, 2.24) is 10.9 Å². The van der Waals surface area contributed by atoms with Crippen LogP contribution in [0.4, 0.5) is 4.39 Å². The molecule has 1 atom stereocenters. The van der Waals surface area contributed by atoms with Gasteiger partial charge >= 0.3 is 0 Å². The van der Waals surface area contributed by atoms with Crippen molar-refractivity contribution in [1.29, 1.82) is 0 Å². The standard InChI is InChI=1S/C17H17FN2O3/c1-11-7-9-13(10-8-11)23-12(2)16(21)19-20-17(22)14-5-3-4-6-15(14)18/h3-10,12H,1-2H3,(H,19,21)(H,20,22). The van der Waals surface area contributed by atoms with Gasteiger partial charge in [0.05, 0.1) is 5.56 Å². The zero-order valence-electron chi connectivity index (χ0n) is 12.8. The summed E-state index contributed by atoms with van der Waals surface area (Å²) < 4.78 is 18.9. The van der Waals surface area contributed by atoms with Crippen LogP contribution in [0.2, 0.25) is 0 Å². The van der Waals surface area contributed by atoms with Crippen LogP contribution in [0, 0.1) is 12.7 Å². The van der Waals surface area contributed by atoms with Gasteiger partial charge in [-0.25, -0.2) is 4.39 Å². The normalized spacial score (nSPS) is 11.4. The van der Waals surface area contributed by atoms with Gasteiger partial charge in [0.25, 0.3) is 11.8 Å². The molecule has 1 unspecified atom stereocenters. The average molecular weight is 316 g/mol. The van der Waals surface area contributed by atoms with Crippen molar-refractivity contribution in [3.05, 3.63) is 65.5 Å². The molecule has 5 nitrogen and oxygen atoms in total. The molecule has 0 saturated heterocycles. The van der Waals surface area contributed by atoms with Crippen LogP contribution in [0.1, 0.15) is 22.8 Å². The van der Waals surface area contributed by atoms with Crippen LogP contribution >= 0.6 is 0 Å². The number of hydrogen-bond donors (Lipinski definition) is 2. The quantitative estimate of drug-likeness (QED) is 0.851. The first-order valence-corrected chi connectivity index (χ1v) is 7.05. The second kappa shape index (κ2) is 7.40. The lowest BCUT2D eigenvalue weighted by Gasteiger charge is -2.15. The zero-order chi connectivity index (χ0) is 16.8. The Morgan fingerprint density at radius 3 is 2.35 bits per heavy atom. The average Bonchev–Trinajstić information content (AvgIpc) is 2.54. The third-order valence-corrected chi connectivity index (χ3v) is 3.12. The number of aryl methyl sites for hydroxylation is 1. The minimum Gasteiger partial charge on any atom is -0.481 e. The minimum atomic E-state index is -0.821. The Labute approximate surface area is 133 Å². The summed E-state index contributed by atoms with van der Waals surface area (Å²) in [5, 5.41) is 0. The van der Waals surface area contributed by atoms with Crippen molar-refractivity contribution in [2.45, 2.75) is 20.0 Å². The summed E-state index contributed by atoms with van der Waals surface area (Å²) in [6.45, 7) is 3.49. The maximum absolute atomic E-state index is 13.4. The van der Waals surface area contributed by atoms with E-state index in [1.54, 1.807) is 19.1 Å². The highest BCUT2D eigenvalue weighted by atomic mass is 19.1. The van der Waals surface area contributed by atoms with Crippen LogP contribution in [0.3, 0.4) is 0 Å². The Morgan fingerprint density at radius 1 is 1.04 bits per heavy atom. The van der Waals surface area contributed by atoms with Gasteiger partial charge in [-0.3, -0.25) is 20.4 Å². The van der Waals surface area contributed by atoms with Gasteiger partial charge in [-0.15, -0.1) is 0 Å². The number of nitrogens with one attached hydrogen (secondary N) is 2. The summed E-state index contributed by atoms with van der Waals surface area (Å²) in [6, 6.07) is 12.7. The number of halogens is 1. The first-order chi connectivity index (χ1) is 11.0. The Kier molecular flexibility index (Phi) is 5.30. The fourth-order valence-corrected chi connectivity index (χ4v) is 1.81. The van der Waals surface area contributed by atoms with Crippen LogP contribution in [0.5, 0.6) is 5.75 Å². The van der Waals surface area contributed by atoms with E-state index in [4.69, 9.17) is 4.74 Å². The van der Waals surface area contributed by atoms with Crippen molar-refractivity contribution < 1.29 is 18.7 Å². The number of rotatable bonds is 4. The highest BCUT2D eigenvalue weighted by Crippen LogP contribution is 2.13. The van der Waals surface area contributed by atoms with E-state index in [0.717, 1.165) is 5.56 Å². The van der Waals surface area contributed by atoms with Gasteiger partial charge in [0.2, 0.25) is 0 Å². The predicted octanol–water partition coefficient (Wildman–Crippen LogP) is 2.36. The van der Waals surface area contributed by atoms with E-state index in [2.05, 4.69) is 10.9 Å². The molecule has 2 amide bonds. The molecule has 0 heterocycles. The number of carbonyl (C=O) groups excluding carboxylic acids is 2. The molecule has 2 N–H and O–H groups in total. The summed E-state index contributed by atoms with van der Waals surface area (Å²) >= 11 is 0. The molecule has 0 aliphatic rings. The number of amides is 2. The van der Waals surface area contributed by atoms with E-state index in [-0.39, 0.29) is 5.56 Å². The van der Waals surface area contributed by atoms with Gasteiger partial charge in [-0.2, -0.15) is 0 Å². The zero-order valence-corrected chi connectivity index (χ0v) is 12.8. The van der Waals surface area contributed by atoms with Gasteiger partial charge in [-0.1, -0.05) is 29.8 Å². The number of benzene rings is 2. The highest BCUT2D eigenvalue weighted by molar-refractivity contribution is 5.95. The summed E-state index contributed by atoms with van der Waals surface area (Å²) in [6.07, 6.45) is -0.821. The third kappa shape index (κ3) is 4.54. The fraction of sp³-hybridized carbons (Fsp3) is 0.176. The molecule has 2 aromatic carbocycles. The topological polar surface area (TPSA) is 67.4 Å². The largest absolute Gasteiger partial charge is 0.481 e. The van der Waals surface area contributed by atoms with E-state index in [1.165, 1.54) is 24.3 Å². The van der Waals surface area contributed by atoms with E-state index < -0.39 is 23.7 Å². The molecule has 0 bridgehead atoms. The summed E-state index contributed by atoms with van der Waals surface area (Å²) in [5.41, 5.74) is 5.29. The summed E-state index contributed by atoms with van der Waals surface area (Å²) in [5.74, 6) is -1.41. The number of hydrazine groups is 1. The third-order valence-electron chi connectivity index (χ3n) is 3.12. The molecule has 2 aromatic rings. The Morgan fingerprint density at radius 2 is 1.70 bits per heavy atom. The van der Waals surface area contributed by atoms with Gasteiger partial charge in [0.1, 0.15) is 11.6 Å². The van der Waals surface area contributed by atoms with Crippen molar-refractivity contribution >= 4 is 11.8 Å². The number of ether oxygens (including phenoxy) is 1. The maximum atomic E-state index is 13.4. The highest BCUT2D eigenvalue weighted by Gasteiger charge is 2.17. The van der Waals surface area contributed by atoms with Crippen molar-refractivity contribution in [2.24, 2.45) is 0 Å². The number of hydrogen-bond acceptors (Lipinski definition) is 3. The SMILES string of the molecule is Cc1ccc(OC(C)C(=O)NNC(=O)c2ccccc2F)cc1. The molecule has 120 valence electrons. The molecule has 6 heteroatoms. The lowest BCUT2D eigenvalue weighted by atomic mass is 10.2. The maximum Gasteiger partial charge on any atom is 0.279 e. The number of carbonyl (C=O) groups is 2. The first kappa shape index (κ1) is 16.5. The molecule has 23 heavy (non-hydrogen) atoms. The van der Waals surface area contributed by atoms with Crippen LogP contribution in [-0.2, 0) is 4.79 Å². The van der Waals surface area contributed by atoms with E-state index in [1.807, 2.05) is 19.1 Å². The Hall–Kier alpha value is -2.89. The molecule has 0 aliphatic carbocycles. The van der Waals surface area contributed by atoms with Gasteiger partial charge in [-0.05, 0) is 38.1 Å². The second-order valence-corrected chi connectivity index (χ2v) is 5.00. The van der Waals surface area contributed by atoms with Crippen molar-refractivity contribution in [2.75, 3.05) is 0 Å². The molecule has 0 aliphatic heterocycles. The molecule has 0 spiro atoms. The smallest absolute Gasteiger partial charge is 0.279 e. The van der Waals surface area contributed by atoms with Gasteiger partial charge < -0.3 is 4.74 Å². The van der Waals surface area contributed by atoms with Crippen LogP contribution < -0.4 is 15.6 Å². The van der Waals surface area contributed by atoms with Crippen molar-refractivity contribution in [3.8, 4) is 5.75 Å². The van der Waals surface area contributed by atoms with E-state index in [9.17, 15) is 14.0 Å². The van der Waals surface area contributed by atoms with E-state index in [0.29, 0.717) is 5.75 Å². The molecule has 0 aromatic heterocycles. The fourth-order valence-electron chi connectivity index (χ4n) is 1.81. The Balaban J connectivity index is 1.87.